The van der Waals surface area contributed by atoms with Gasteiger partial charge < -0.3 is 15.2 Å². The lowest BCUT2D eigenvalue weighted by atomic mass is 10.1. The van der Waals surface area contributed by atoms with Crippen LogP contribution in [-0.4, -0.2) is 31.4 Å². The maximum absolute atomic E-state index is 13.8. The zero-order valence-electron chi connectivity index (χ0n) is 13.9. The lowest BCUT2D eigenvalue weighted by Gasteiger charge is -2.23. The van der Waals surface area contributed by atoms with Gasteiger partial charge in [-0.1, -0.05) is 0 Å². The van der Waals surface area contributed by atoms with Gasteiger partial charge in [0.2, 0.25) is 0 Å². The van der Waals surface area contributed by atoms with E-state index in [4.69, 9.17) is 4.74 Å². The lowest BCUT2D eigenvalue weighted by Crippen LogP contribution is -2.42. The van der Waals surface area contributed by atoms with Crippen LogP contribution in [-0.2, 0) is 6.42 Å². The van der Waals surface area contributed by atoms with Crippen LogP contribution in [0.3, 0.4) is 0 Å². The minimum Gasteiger partial charge on any atom is -0.497 e. The van der Waals surface area contributed by atoms with Crippen LogP contribution in [0.4, 0.5) is 19.3 Å². The zero-order valence-corrected chi connectivity index (χ0v) is 15.5. The Hall–Kier alpha value is -2.19. The minimum absolute atomic E-state index is 0.283. The molecule has 0 aliphatic carbocycles. The molecule has 26 heavy (non-hydrogen) atoms. The molecule has 1 aliphatic heterocycles. The molecule has 0 saturated heterocycles. The Morgan fingerprint density at radius 1 is 1.35 bits per heavy atom. The molecule has 0 fully saturated rings. The molecule has 2 amide bonds. The second-order valence-electron chi connectivity index (χ2n) is 5.91. The second kappa shape index (κ2) is 7.59. The molecule has 0 aromatic heterocycles. The van der Waals surface area contributed by atoms with Gasteiger partial charge in [-0.2, -0.15) is 0 Å². The maximum atomic E-state index is 13.8. The first-order valence-electron chi connectivity index (χ1n) is 7.94. The summed E-state index contributed by atoms with van der Waals surface area (Å²) >= 11 is 3.13. The molecule has 0 bridgehead atoms. The van der Waals surface area contributed by atoms with Crippen LogP contribution < -0.4 is 15.0 Å². The van der Waals surface area contributed by atoms with E-state index in [0.29, 0.717) is 28.7 Å². The van der Waals surface area contributed by atoms with E-state index in [1.807, 2.05) is 0 Å². The number of nitrogens with one attached hydrogen (secondary N) is 1. The quantitative estimate of drug-likeness (QED) is 0.785. The van der Waals surface area contributed by atoms with Gasteiger partial charge in [0.05, 0.1) is 29.9 Å². The first-order valence-corrected chi connectivity index (χ1v) is 8.73. The van der Waals surface area contributed by atoms with E-state index in [0.717, 1.165) is 5.56 Å². The largest absolute Gasteiger partial charge is 0.497 e. The van der Waals surface area contributed by atoms with Gasteiger partial charge in [0.25, 0.3) is 0 Å². The standard InChI is InChI=1S/C18H17BrF2N2O3/c1-26-13-5-11(4-12(20)7-13)16(9-24)22-18(25)23-3-2-10-6-14(19)15(21)8-17(10)23/h4-8,16,24H,2-3,9H2,1H3,(H,22,25). The number of amides is 2. The number of fused-ring (bicyclic) bond motifs is 1. The van der Waals surface area contributed by atoms with Gasteiger partial charge in [-0.15, -0.1) is 0 Å². The summed E-state index contributed by atoms with van der Waals surface area (Å²) < 4.78 is 32.9. The molecule has 0 saturated carbocycles. The van der Waals surface area contributed by atoms with E-state index in [2.05, 4.69) is 21.2 Å². The first kappa shape index (κ1) is 18.6. The van der Waals surface area contributed by atoms with Gasteiger partial charge in [-0.25, -0.2) is 13.6 Å². The zero-order chi connectivity index (χ0) is 18.8. The molecular weight excluding hydrogens is 410 g/mol. The number of urea groups is 1. The van der Waals surface area contributed by atoms with E-state index < -0.39 is 30.3 Å². The van der Waals surface area contributed by atoms with Crippen LogP contribution in [0.2, 0.25) is 0 Å². The predicted molar refractivity (Wildman–Crippen MR) is 96.5 cm³/mol. The Balaban J connectivity index is 1.82. The highest BCUT2D eigenvalue weighted by atomic mass is 79.9. The average molecular weight is 427 g/mol. The van der Waals surface area contributed by atoms with Crippen molar-refractivity contribution in [3.05, 3.63) is 57.6 Å². The molecule has 0 spiro atoms. The summed E-state index contributed by atoms with van der Waals surface area (Å²) in [6.45, 7) is -0.0323. The Bertz CT molecular complexity index is 847. The number of aliphatic hydroxyl groups excluding tert-OH is 1. The molecule has 2 N–H and O–H groups in total. The highest BCUT2D eigenvalue weighted by molar-refractivity contribution is 9.10. The van der Waals surface area contributed by atoms with Crippen molar-refractivity contribution in [2.24, 2.45) is 0 Å². The monoisotopic (exact) mass is 426 g/mol. The van der Waals surface area contributed by atoms with E-state index in [1.165, 1.54) is 30.2 Å². The molecule has 3 rings (SSSR count). The van der Waals surface area contributed by atoms with Crippen molar-refractivity contribution in [1.82, 2.24) is 5.32 Å². The van der Waals surface area contributed by atoms with Crippen LogP contribution in [0.15, 0.2) is 34.8 Å². The number of carbonyl (C=O) groups excluding carboxylic acids is 1. The molecule has 1 unspecified atom stereocenters. The Kier molecular flexibility index (Phi) is 5.43. The number of benzene rings is 2. The van der Waals surface area contributed by atoms with Crippen LogP contribution in [0.1, 0.15) is 17.2 Å². The summed E-state index contributed by atoms with van der Waals surface area (Å²) in [6, 6.07) is 5.60. The van der Waals surface area contributed by atoms with Crippen molar-refractivity contribution in [3.8, 4) is 5.75 Å². The minimum atomic E-state index is -0.823. The fourth-order valence-corrected chi connectivity index (χ4v) is 3.35. The van der Waals surface area contributed by atoms with Crippen molar-refractivity contribution >= 4 is 27.6 Å². The maximum Gasteiger partial charge on any atom is 0.322 e. The van der Waals surface area contributed by atoms with Crippen molar-refractivity contribution in [2.75, 3.05) is 25.2 Å². The van der Waals surface area contributed by atoms with Crippen molar-refractivity contribution in [2.45, 2.75) is 12.5 Å². The normalized spacial score (nSPS) is 14.1. The van der Waals surface area contributed by atoms with Crippen LogP contribution in [0, 0.1) is 11.6 Å². The smallest absolute Gasteiger partial charge is 0.322 e. The summed E-state index contributed by atoms with van der Waals surface area (Å²) in [4.78, 5) is 14.0. The van der Waals surface area contributed by atoms with Gasteiger partial charge in [0.15, 0.2) is 0 Å². The average Bonchev–Trinajstić information content (AvgIpc) is 3.01. The van der Waals surface area contributed by atoms with Gasteiger partial charge in [-0.3, -0.25) is 4.90 Å². The number of anilines is 1. The van der Waals surface area contributed by atoms with Gasteiger partial charge in [0.1, 0.15) is 17.4 Å². The number of halogens is 3. The van der Waals surface area contributed by atoms with E-state index in [-0.39, 0.29) is 5.75 Å². The molecule has 138 valence electrons. The fraction of sp³-hybridized carbons (Fsp3) is 0.278. The van der Waals surface area contributed by atoms with Crippen LogP contribution in [0.5, 0.6) is 5.75 Å². The lowest BCUT2D eigenvalue weighted by molar-refractivity contribution is 0.221. The van der Waals surface area contributed by atoms with Crippen LogP contribution in [0.25, 0.3) is 0 Å². The third kappa shape index (κ3) is 3.66. The number of carbonyl (C=O) groups is 1. The Labute approximate surface area is 157 Å². The predicted octanol–water partition coefficient (Wildman–Crippen LogP) is 3.54. The van der Waals surface area contributed by atoms with E-state index in [1.54, 1.807) is 12.1 Å². The third-order valence-electron chi connectivity index (χ3n) is 4.27. The number of aliphatic hydroxyl groups is 1. The van der Waals surface area contributed by atoms with E-state index >= 15 is 0 Å². The SMILES string of the molecule is COc1cc(F)cc(C(CO)NC(=O)N2CCc3cc(Br)c(F)cc32)c1. The van der Waals surface area contributed by atoms with Crippen LogP contribution >= 0.6 is 15.9 Å². The summed E-state index contributed by atoms with van der Waals surface area (Å²) in [5, 5.41) is 12.3. The number of nitrogens with zero attached hydrogens (tertiary/aromatic N) is 1. The summed E-state index contributed by atoms with van der Waals surface area (Å²) in [6.07, 6.45) is 0.596. The molecule has 8 heteroatoms. The van der Waals surface area contributed by atoms with Crippen molar-refractivity contribution in [3.63, 3.8) is 0 Å². The number of rotatable bonds is 4. The molecular formula is C18H17BrF2N2O3. The van der Waals surface area contributed by atoms with E-state index in [9.17, 15) is 18.7 Å². The molecule has 1 heterocycles. The highest BCUT2D eigenvalue weighted by Crippen LogP contribution is 2.33. The molecule has 2 aromatic carbocycles. The van der Waals surface area contributed by atoms with Gasteiger partial charge >= 0.3 is 6.03 Å². The fourth-order valence-electron chi connectivity index (χ4n) is 2.96. The number of hydrogen-bond donors (Lipinski definition) is 2. The molecule has 0 radical (unpaired) electrons. The first-order chi connectivity index (χ1) is 12.4. The number of hydrogen-bond acceptors (Lipinski definition) is 3. The van der Waals surface area contributed by atoms with Gasteiger partial charge in [-0.05, 0) is 57.7 Å². The second-order valence-corrected chi connectivity index (χ2v) is 6.76. The Morgan fingerprint density at radius 2 is 2.12 bits per heavy atom. The number of ether oxygens (including phenoxy) is 1. The summed E-state index contributed by atoms with van der Waals surface area (Å²) in [5.41, 5.74) is 1.71. The molecule has 5 nitrogen and oxygen atoms in total. The third-order valence-corrected chi connectivity index (χ3v) is 4.88. The van der Waals surface area contributed by atoms with Crippen molar-refractivity contribution in [1.29, 1.82) is 0 Å². The highest BCUT2D eigenvalue weighted by Gasteiger charge is 2.28. The molecule has 1 atom stereocenters. The van der Waals surface area contributed by atoms with Gasteiger partial charge in [0, 0.05) is 12.6 Å². The molecule has 2 aromatic rings. The van der Waals surface area contributed by atoms with Crippen molar-refractivity contribution < 1.29 is 23.4 Å². The molecule has 1 aliphatic rings. The Morgan fingerprint density at radius 3 is 2.81 bits per heavy atom. The summed E-state index contributed by atoms with van der Waals surface area (Å²) in [7, 11) is 1.40. The number of methoxy groups -OCH3 is 1. The summed E-state index contributed by atoms with van der Waals surface area (Å²) in [5.74, 6) is -0.714. The topological polar surface area (TPSA) is 61.8 Å².